The number of carboxylic acid groups (broad SMARTS) is 1. The zero-order valence-corrected chi connectivity index (χ0v) is 18.4. The Hall–Kier alpha value is -4.45. The summed E-state index contributed by atoms with van der Waals surface area (Å²) in [7, 11) is 0. The Morgan fingerprint density at radius 3 is 2.54 bits per heavy atom. The summed E-state index contributed by atoms with van der Waals surface area (Å²) < 4.78 is 39.5. The van der Waals surface area contributed by atoms with Crippen molar-refractivity contribution < 1.29 is 28.2 Å². The van der Waals surface area contributed by atoms with E-state index in [0.717, 1.165) is 11.1 Å². The highest BCUT2D eigenvalue weighted by atomic mass is 19.1. The van der Waals surface area contributed by atoms with E-state index in [9.17, 15) is 18.7 Å². The molecule has 0 fully saturated rings. The topological polar surface area (TPSA) is 149 Å². The van der Waals surface area contributed by atoms with Crippen molar-refractivity contribution >= 4 is 5.97 Å². The second-order valence-electron chi connectivity index (χ2n) is 7.40. The molecule has 0 aliphatic heterocycles. The predicted molar refractivity (Wildman–Crippen MR) is 120 cm³/mol. The third kappa shape index (κ3) is 5.38. The Kier molecular flexibility index (Phi) is 6.92. The van der Waals surface area contributed by atoms with Gasteiger partial charge in [-0.1, -0.05) is 25.1 Å². The molecule has 4 aromatic rings. The van der Waals surface area contributed by atoms with E-state index in [2.05, 4.69) is 25.6 Å². The first kappa shape index (κ1) is 23.7. The number of halogens is 2. The van der Waals surface area contributed by atoms with E-state index in [1.165, 1.54) is 6.07 Å². The molecule has 4 rings (SSSR count). The zero-order valence-electron chi connectivity index (χ0n) is 18.4. The maximum Gasteiger partial charge on any atom is 0.344 e. The number of tetrazole rings is 1. The molecule has 0 aliphatic carbocycles. The number of carboxylic acids is 1. The van der Waals surface area contributed by atoms with E-state index < -0.39 is 35.5 Å². The Morgan fingerprint density at radius 1 is 1.09 bits per heavy atom. The van der Waals surface area contributed by atoms with Crippen LogP contribution in [0.25, 0.3) is 22.5 Å². The molecule has 4 N–H and O–H groups in total. The van der Waals surface area contributed by atoms with Crippen molar-refractivity contribution in [2.75, 3.05) is 0 Å². The molecule has 12 heteroatoms. The zero-order chi connectivity index (χ0) is 24.9. The number of pyridine rings is 1. The van der Waals surface area contributed by atoms with Crippen LogP contribution in [0.2, 0.25) is 0 Å². The van der Waals surface area contributed by atoms with Gasteiger partial charge in [0.25, 0.3) is 11.8 Å². The number of hydrogen-bond donors (Lipinski definition) is 3. The number of nitrogens with zero attached hydrogens (tertiary/aromatic N) is 4. The molecule has 10 nitrogen and oxygen atoms in total. The molecule has 1 atom stereocenters. The monoisotopic (exact) mass is 482 g/mol. The minimum atomic E-state index is -1.36. The van der Waals surface area contributed by atoms with Crippen molar-refractivity contribution in [1.82, 2.24) is 25.6 Å². The highest BCUT2D eigenvalue weighted by Crippen LogP contribution is 2.34. The molecule has 0 amide bonds. The summed E-state index contributed by atoms with van der Waals surface area (Å²) in [5, 5.41) is 23.0. The molecule has 0 unspecified atom stereocenters. The average Bonchev–Trinajstić information content (AvgIpc) is 3.40. The summed E-state index contributed by atoms with van der Waals surface area (Å²) in [4.78, 5) is 15.0. The molecule has 2 aromatic heterocycles. The van der Waals surface area contributed by atoms with Gasteiger partial charge in [0.1, 0.15) is 5.75 Å². The number of aliphatic carboxylic acids is 1. The van der Waals surface area contributed by atoms with Crippen molar-refractivity contribution in [3.05, 3.63) is 65.7 Å². The number of nitrogens with one attached hydrogen (secondary N) is 1. The summed E-state index contributed by atoms with van der Waals surface area (Å²) in [5.74, 6) is -4.47. The number of H-pyrrole nitrogens is 1. The quantitative estimate of drug-likeness (QED) is 0.324. The van der Waals surface area contributed by atoms with E-state index >= 15 is 0 Å². The van der Waals surface area contributed by atoms with Crippen molar-refractivity contribution in [2.45, 2.75) is 26.0 Å². The molecule has 0 spiro atoms. The van der Waals surface area contributed by atoms with Crippen molar-refractivity contribution in [2.24, 2.45) is 5.73 Å². The van der Waals surface area contributed by atoms with Crippen LogP contribution in [-0.4, -0.2) is 42.8 Å². The number of aromatic nitrogens is 5. The van der Waals surface area contributed by atoms with Crippen LogP contribution >= 0.6 is 0 Å². The van der Waals surface area contributed by atoms with E-state index in [-0.39, 0.29) is 18.0 Å². The van der Waals surface area contributed by atoms with Gasteiger partial charge in [-0.05, 0) is 52.6 Å². The highest BCUT2D eigenvalue weighted by Gasteiger charge is 2.23. The third-order valence-electron chi connectivity index (χ3n) is 4.99. The van der Waals surface area contributed by atoms with Crippen LogP contribution in [0.5, 0.6) is 17.5 Å². The van der Waals surface area contributed by atoms with Crippen LogP contribution in [0.3, 0.4) is 0 Å². The predicted octanol–water partition coefficient (Wildman–Crippen LogP) is 3.70. The summed E-state index contributed by atoms with van der Waals surface area (Å²) in [5.41, 5.74) is 8.62. The molecule has 0 aliphatic rings. The van der Waals surface area contributed by atoms with Gasteiger partial charge >= 0.3 is 5.97 Å². The molecule has 180 valence electrons. The van der Waals surface area contributed by atoms with Gasteiger partial charge in [-0.15, -0.1) is 10.2 Å². The minimum absolute atomic E-state index is 0.0436. The first-order chi connectivity index (χ1) is 16.9. The van der Waals surface area contributed by atoms with Gasteiger partial charge in [0.15, 0.2) is 17.7 Å². The molecular weight excluding hydrogens is 462 g/mol. The lowest BCUT2D eigenvalue weighted by atomic mass is 10.0. The van der Waals surface area contributed by atoms with Crippen LogP contribution in [0.1, 0.15) is 18.9 Å². The van der Waals surface area contributed by atoms with E-state index in [1.54, 1.807) is 19.1 Å². The molecular formula is C23H20F2N6O4. The fraction of sp³-hybridized carbons (Fsp3) is 0.174. The first-order valence-electron chi connectivity index (χ1n) is 10.5. The second-order valence-corrected chi connectivity index (χ2v) is 7.40. The Morgan fingerprint density at radius 2 is 1.86 bits per heavy atom. The maximum atomic E-state index is 14.5. The smallest absolute Gasteiger partial charge is 0.344 e. The summed E-state index contributed by atoms with van der Waals surface area (Å²) >= 11 is 0. The van der Waals surface area contributed by atoms with Gasteiger partial charge in [0.2, 0.25) is 5.82 Å². The second kappa shape index (κ2) is 10.2. The summed E-state index contributed by atoms with van der Waals surface area (Å²) in [6.45, 7) is 1.88. The van der Waals surface area contributed by atoms with Crippen LogP contribution in [0.4, 0.5) is 8.78 Å². The maximum absolute atomic E-state index is 14.5. The highest BCUT2D eigenvalue weighted by molar-refractivity contribution is 5.73. The van der Waals surface area contributed by atoms with Gasteiger partial charge < -0.3 is 20.3 Å². The fourth-order valence-electron chi connectivity index (χ4n) is 3.26. The number of benzene rings is 2. The number of rotatable bonds is 9. The molecule has 35 heavy (non-hydrogen) atoms. The lowest BCUT2D eigenvalue weighted by Crippen LogP contribution is -2.26. The molecule has 0 saturated heterocycles. The lowest BCUT2D eigenvalue weighted by Gasteiger charge is -2.15. The molecule has 2 aromatic carbocycles. The van der Waals surface area contributed by atoms with Gasteiger partial charge in [-0.2, -0.15) is 10.2 Å². The number of ether oxygens (including phenoxy) is 2. The van der Waals surface area contributed by atoms with Crippen molar-refractivity contribution in [3.8, 4) is 40.0 Å². The van der Waals surface area contributed by atoms with Gasteiger partial charge in [0.05, 0.1) is 0 Å². The fourth-order valence-corrected chi connectivity index (χ4v) is 3.26. The normalized spacial score (nSPS) is 11.8. The third-order valence-corrected chi connectivity index (χ3v) is 4.99. The van der Waals surface area contributed by atoms with Gasteiger partial charge in [-0.25, -0.2) is 13.6 Å². The summed E-state index contributed by atoms with van der Waals surface area (Å²) in [6, 6.07) is 12.9. The largest absolute Gasteiger partial charge is 0.479 e. The average molecular weight is 482 g/mol. The molecule has 0 bridgehead atoms. The van der Waals surface area contributed by atoms with Crippen molar-refractivity contribution in [3.63, 3.8) is 0 Å². The number of aromatic amines is 1. The van der Waals surface area contributed by atoms with Crippen LogP contribution in [-0.2, 0) is 11.3 Å². The number of hydrogen-bond acceptors (Lipinski definition) is 8. The van der Waals surface area contributed by atoms with Crippen LogP contribution < -0.4 is 15.2 Å². The summed E-state index contributed by atoms with van der Waals surface area (Å²) in [6.07, 6.45) is -1.32. The number of nitrogens with two attached hydrogens (primary N) is 1. The SMILES string of the molecule is CC[C@@H](Oc1nc(Oc2cc(-c3cccc(CN)c3)cc(-c3nn[nH]n3)c2)c(F)cc1F)C(=O)O. The van der Waals surface area contributed by atoms with E-state index in [0.29, 0.717) is 23.7 Å². The first-order valence-corrected chi connectivity index (χ1v) is 10.5. The molecule has 0 saturated carbocycles. The molecule has 0 radical (unpaired) electrons. The Labute approximate surface area is 197 Å². The Bertz CT molecular complexity index is 1350. The Balaban J connectivity index is 1.75. The standard InChI is InChI=1S/C23H20F2N6O4/c1-2-19(23(32)33)35-22-18(25)10-17(24)21(27-22)34-16-8-14(13-5-3-4-12(6-13)11-26)7-15(9-16)20-28-30-31-29-20/h3-10,19H,2,11,26H2,1H3,(H,32,33)(H,28,29,30,31)/t19-/m1/s1. The van der Waals surface area contributed by atoms with E-state index in [1.807, 2.05) is 24.3 Å². The number of carbonyl (C=O) groups is 1. The van der Waals surface area contributed by atoms with E-state index in [4.69, 9.17) is 15.2 Å². The van der Waals surface area contributed by atoms with Crippen molar-refractivity contribution in [1.29, 1.82) is 0 Å². The minimum Gasteiger partial charge on any atom is -0.479 e. The molecule has 2 heterocycles. The van der Waals surface area contributed by atoms with Gasteiger partial charge in [-0.3, -0.25) is 0 Å². The van der Waals surface area contributed by atoms with Crippen LogP contribution in [0.15, 0.2) is 48.5 Å². The van der Waals surface area contributed by atoms with Gasteiger partial charge in [0, 0.05) is 18.2 Å². The lowest BCUT2D eigenvalue weighted by molar-refractivity contribution is -0.145. The van der Waals surface area contributed by atoms with Crippen LogP contribution in [0, 0.1) is 11.6 Å².